The van der Waals surface area contributed by atoms with Gasteiger partial charge in [-0.15, -0.1) is 0 Å². The van der Waals surface area contributed by atoms with Crippen LogP contribution in [-0.2, 0) is 9.53 Å². The number of nitrogens with one attached hydrogen (secondary N) is 1. The molecule has 2 aliphatic rings. The summed E-state index contributed by atoms with van der Waals surface area (Å²) in [6, 6.07) is 10.7. The molecule has 0 atom stereocenters. The maximum Gasteiger partial charge on any atom is 0.325 e. The maximum absolute atomic E-state index is 12.0. The molecule has 0 spiro atoms. The molecule has 0 radical (unpaired) electrons. The lowest BCUT2D eigenvalue weighted by molar-refractivity contribution is -0.141. The molecule has 3 rings (SSSR count). The molecule has 136 valence electrons. The van der Waals surface area contributed by atoms with E-state index in [1.165, 1.54) is 5.69 Å². The van der Waals surface area contributed by atoms with Gasteiger partial charge in [-0.2, -0.15) is 0 Å². The van der Waals surface area contributed by atoms with E-state index in [9.17, 15) is 9.59 Å². The summed E-state index contributed by atoms with van der Waals surface area (Å²) in [7, 11) is 0. The van der Waals surface area contributed by atoms with E-state index in [0.29, 0.717) is 12.6 Å². The van der Waals surface area contributed by atoms with Gasteiger partial charge in [-0.3, -0.25) is 9.69 Å². The number of para-hydroxylation sites is 1. The normalized spacial score (nSPS) is 18.6. The summed E-state index contributed by atoms with van der Waals surface area (Å²) in [4.78, 5) is 29.8. The number of ether oxygens (including phenoxy) is 1. The van der Waals surface area contributed by atoms with Gasteiger partial charge in [-0.1, -0.05) is 18.2 Å². The fourth-order valence-corrected chi connectivity index (χ4v) is 3.31. The molecule has 2 aliphatic heterocycles. The zero-order valence-corrected chi connectivity index (χ0v) is 14.7. The van der Waals surface area contributed by atoms with Crippen LogP contribution in [0.15, 0.2) is 30.3 Å². The molecule has 0 saturated carbocycles. The molecule has 0 bridgehead atoms. The number of carbonyl (C=O) groups excluding carboxylic acids is 2. The highest BCUT2D eigenvalue weighted by molar-refractivity contribution is 5.81. The van der Waals surface area contributed by atoms with Gasteiger partial charge >= 0.3 is 12.0 Å². The fraction of sp³-hybridized carbons (Fsp3) is 0.556. The first-order chi connectivity index (χ1) is 12.2. The molecular formula is C18H26N4O3. The minimum Gasteiger partial charge on any atom is -0.465 e. The highest BCUT2D eigenvalue weighted by atomic mass is 16.5. The number of likely N-dealkylation sites (tertiary alicyclic amines) is 1. The Bertz CT molecular complexity index is 581. The molecule has 25 heavy (non-hydrogen) atoms. The highest BCUT2D eigenvalue weighted by Gasteiger charge is 2.36. The van der Waals surface area contributed by atoms with E-state index in [1.54, 1.807) is 11.8 Å². The Morgan fingerprint density at radius 3 is 2.44 bits per heavy atom. The second kappa shape index (κ2) is 8.20. The van der Waals surface area contributed by atoms with E-state index in [1.807, 2.05) is 6.07 Å². The number of urea groups is 1. The summed E-state index contributed by atoms with van der Waals surface area (Å²) >= 11 is 0. The van der Waals surface area contributed by atoms with Gasteiger partial charge in [0, 0.05) is 51.0 Å². The Labute approximate surface area is 148 Å². The summed E-state index contributed by atoms with van der Waals surface area (Å²) < 4.78 is 4.80. The molecule has 2 saturated heterocycles. The Hall–Kier alpha value is -2.28. The number of amides is 2. The number of carbonyl (C=O) groups is 2. The smallest absolute Gasteiger partial charge is 0.325 e. The fourth-order valence-electron chi connectivity index (χ4n) is 3.31. The van der Waals surface area contributed by atoms with Crippen molar-refractivity contribution in [2.24, 2.45) is 0 Å². The lowest BCUT2D eigenvalue weighted by Gasteiger charge is -2.48. The number of piperazine rings is 1. The maximum atomic E-state index is 12.0. The molecule has 2 heterocycles. The average Bonchev–Trinajstić information content (AvgIpc) is 2.60. The highest BCUT2D eigenvalue weighted by Crippen LogP contribution is 2.20. The third kappa shape index (κ3) is 4.42. The average molecular weight is 346 g/mol. The minimum atomic E-state index is -0.398. The van der Waals surface area contributed by atoms with Gasteiger partial charge in [-0.05, 0) is 19.1 Å². The largest absolute Gasteiger partial charge is 0.465 e. The van der Waals surface area contributed by atoms with Crippen LogP contribution < -0.4 is 10.2 Å². The van der Waals surface area contributed by atoms with Crippen LogP contribution in [0, 0.1) is 0 Å². The number of hydrogen-bond acceptors (Lipinski definition) is 5. The van der Waals surface area contributed by atoms with Gasteiger partial charge in [0.25, 0.3) is 0 Å². The third-order valence-electron chi connectivity index (χ3n) is 4.79. The standard InChI is InChI=1S/C18H26N4O3/c1-2-25-17(23)12-19-18(24)22-13-16(14-22)21-10-8-20(9-11-21)15-6-4-3-5-7-15/h3-7,16H,2,8-14H2,1H3,(H,19,24). The molecule has 1 aromatic carbocycles. The molecule has 1 aromatic rings. The van der Waals surface area contributed by atoms with E-state index in [2.05, 4.69) is 39.4 Å². The van der Waals surface area contributed by atoms with E-state index in [0.717, 1.165) is 39.3 Å². The first-order valence-electron chi connectivity index (χ1n) is 8.90. The summed E-state index contributed by atoms with van der Waals surface area (Å²) in [5.74, 6) is -0.398. The van der Waals surface area contributed by atoms with E-state index < -0.39 is 5.97 Å². The second-order valence-electron chi connectivity index (χ2n) is 6.38. The van der Waals surface area contributed by atoms with Crippen LogP contribution in [0.4, 0.5) is 10.5 Å². The third-order valence-corrected chi connectivity index (χ3v) is 4.79. The SMILES string of the molecule is CCOC(=O)CNC(=O)N1CC(N2CCN(c3ccccc3)CC2)C1. The predicted molar refractivity (Wildman–Crippen MR) is 95.6 cm³/mol. The molecule has 7 nitrogen and oxygen atoms in total. The number of rotatable bonds is 5. The molecule has 7 heteroatoms. The van der Waals surface area contributed by atoms with E-state index >= 15 is 0 Å². The van der Waals surface area contributed by atoms with Crippen LogP contribution in [0.25, 0.3) is 0 Å². The minimum absolute atomic E-state index is 0.0659. The Balaban J connectivity index is 1.36. The van der Waals surface area contributed by atoms with E-state index in [-0.39, 0.29) is 12.6 Å². The zero-order valence-electron chi connectivity index (χ0n) is 14.7. The molecule has 0 aromatic heterocycles. The summed E-state index contributed by atoms with van der Waals surface area (Å²) in [6.45, 7) is 7.50. The van der Waals surface area contributed by atoms with Crippen LogP contribution in [0.2, 0.25) is 0 Å². The zero-order chi connectivity index (χ0) is 17.6. The number of nitrogens with zero attached hydrogens (tertiary/aromatic N) is 3. The Kier molecular flexibility index (Phi) is 5.75. The molecule has 1 N–H and O–H groups in total. The first-order valence-corrected chi connectivity index (χ1v) is 8.90. The van der Waals surface area contributed by atoms with Crippen molar-refractivity contribution in [1.29, 1.82) is 0 Å². The predicted octanol–water partition coefficient (Wildman–Crippen LogP) is 0.766. The van der Waals surface area contributed by atoms with Crippen molar-refractivity contribution in [3.8, 4) is 0 Å². The molecule has 0 unspecified atom stereocenters. The quantitative estimate of drug-likeness (QED) is 0.798. The van der Waals surface area contributed by atoms with Crippen LogP contribution in [0.3, 0.4) is 0 Å². The van der Waals surface area contributed by atoms with Crippen molar-refractivity contribution >= 4 is 17.7 Å². The molecule has 2 fully saturated rings. The van der Waals surface area contributed by atoms with Gasteiger partial charge in [0.1, 0.15) is 6.54 Å². The second-order valence-corrected chi connectivity index (χ2v) is 6.38. The van der Waals surface area contributed by atoms with Crippen molar-refractivity contribution in [3.63, 3.8) is 0 Å². The van der Waals surface area contributed by atoms with E-state index in [4.69, 9.17) is 4.74 Å². The van der Waals surface area contributed by atoms with Gasteiger partial charge in [0.15, 0.2) is 0 Å². The van der Waals surface area contributed by atoms with Crippen molar-refractivity contribution in [3.05, 3.63) is 30.3 Å². The van der Waals surface area contributed by atoms with Crippen molar-refractivity contribution in [2.75, 3.05) is 57.3 Å². The Morgan fingerprint density at radius 2 is 1.80 bits per heavy atom. The summed E-state index contributed by atoms with van der Waals surface area (Å²) in [5, 5.41) is 2.61. The van der Waals surface area contributed by atoms with Crippen LogP contribution >= 0.6 is 0 Å². The summed E-state index contributed by atoms with van der Waals surface area (Å²) in [6.07, 6.45) is 0. The molecular weight excluding hydrogens is 320 g/mol. The van der Waals surface area contributed by atoms with Crippen molar-refractivity contribution < 1.29 is 14.3 Å². The van der Waals surface area contributed by atoms with Gasteiger partial charge < -0.3 is 19.9 Å². The van der Waals surface area contributed by atoms with Crippen molar-refractivity contribution in [2.45, 2.75) is 13.0 Å². The molecule has 2 amide bonds. The van der Waals surface area contributed by atoms with Gasteiger partial charge in [0.2, 0.25) is 0 Å². The topological polar surface area (TPSA) is 65.1 Å². The summed E-state index contributed by atoms with van der Waals surface area (Å²) in [5.41, 5.74) is 1.27. The monoisotopic (exact) mass is 346 g/mol. The lowest BCUT2D eigenvalue weighted by Crippen LogP contribution is -2.65. The van der Waals surface area contributed by atoms with Crippen LogP contribution in [-0.4, -0.2) is 80.3 Å². The number of benzene rings is 1. The first kappa shape index (κ1) is 17.5. The number of esters is 1. The lowest BCUT2D eigenvalue weighted by atomic mass is 10.1. The molecule has 0 aliphatic carbocycles. The van der Waals surface area contributed by atoms with Crippen molar-refractivity contribution in [1.82, 2.24) is 15.1 Å². The Morgan fingerprint density at radius 1 is 1.12 bits per heavy atom. The van der Waals surface area contributed by atoms with Crippen LogP contribution in [0.5, 0.6) is 0 Å². The number of hydrogen-bond donors (Lipinski definition) is 1. The van der Waals surface area contributed by atoms with Gasteiger partial charge in [-0.25, -0.2) is 4.79 Å². The van der Waals surface area contributed by atoms with Crippen LogP contribution in [0.1, 0.15) is 6.92 Å². The number of anilines is 1. The van der Waals surface area contributed by atoms with Gasteiger partial charge in [0.05, 0.1) is 6.61 Å².